The summed E-state index contributed by atoms with van der Waals surface area (Å²) in [7, 11) is 1.27. The van der Waals surface area contributed by atoms with Crippen molar-refractivity contribution in [2.24, 2.45) is 0 Å². The zero-order chi connectivity index (χ0) is 18.0. The predicted octanol–water partition coefficient (Wildman–Crippen LogP) is 2.31. The van der Waals surface area contributed by atoms with Crippen LogP contribution in [-0.2, 0) is 16.1 Å². The van der Waals surface area contributed by atoms with Gasteiger partial charge in [0.05, 0.1) is 24.1 Å². The Morgan fingerprint density at radius 3 is 2.60 bits per heavy atom. The maximum atomic E-state index is 12.5. The van der Waals surface area contributed by atoms with E-state index in [0.29, 0.717) is 23.5 Å². The number of hydrogen-bond acceptors (Lipinski definition) is 6. The van der Waals surface area contributed by atoms with E-state index < -0.39 is 10.9 Å². The molecule has 0 fully saturated rings. The number of methoxy groups -OCH3 is 1. The molecule has 0 saturated carbocycles. The molecular weight excluding hydrogens is 328 g/mol. The largest absolute Gasteiger partial charge is 0.482 e. The Kier molecular flexibility index (Phi) is 4.34. The summed E-state index contributed by atoms with van der Waals surface area (Å²) in [5.41, 5.74) is 1.59. The molecule has 0 radical (unpaired) electrons. The first-order chi connectivity index (χ1) is 12.0. The Labute approximate surface area is 142 Å². The highest BCUT2D eigenvalue weighted by molar-refractivity contribution is 6.10. The zero-order valence-electron chi connectivity index (χ0n) is 13.3. The van der Waals surface area contributed by atoms with E-state index in [1.54, 1.807) is 30.3 Å². The third kappa shape index (κ3) is 3.27. The summed E-state index contributed by atoms with van der Waals surface area (Å²) in [6.07, 6.45) is 0. The number of nitro benzene ring substituents is 1. The van der Waals surface area contributed by atoms with Crippen LogP contribution in [0.25, 0.3) is 0 Å². The van der Waals surface area contributed by atoms with Crippen molar-refractivity contribution in [2.75, 3.05) is 18.6 Å². The number of carbonyl (C=O) groups is 2. The van der Waals surface area contributed by atoms with Crippen LogP contribution >= 0.6 is 0 Å². The molecule has 0 spiro atoms. The van der Waals surface area contributed by atoms with Gasteiger partial charge in [-0.1, -0.05) is 0 Å². The lowest BCUT2D eigenvalue weighted by Crippen LogP contribution is -2.22. The summed E-state index contributed by atoms with van der Waals surface area (Å²) in [5, 5.41) is 10.9. The van der Waals surface area contributed by atoms with Gasteiger partial charge >= 0.3 is 5.97 Å². The molecule has 128 valence electrons. The second-order valence-corrected chi connectivity index (χ2v) is 5.35. The lowest BCUT2D eigenvalue weighted by Gasteiger charge is -2.16. The Hall–Kier alpha value is -3.42. The van der Waals surface area contributed by atoms with Crippen molar-refractivity contribution >= 4 is 23.3 Å². The maximum Gasteiger partial charge on any atom is 0.343 e. The molecule has 1 aliphatic heterocycles. The molecule has 0 aromatic heterocycles. The Bertz CT molecular complexity index is 847. The van der Waals surface area contributed by atoms with E-state index in [9.17, 15) is 19.7 Å². The summed E-state index contributed by atoms with van der Waals surface area (Å²) in [6.45, 7) is 0.141. The van der Waals surface area contributed by atoms with E-state index in [1.807, 2.05) is 0 Å². The van der Waals surface area contributed by atoms with Crippen LogP contribution in [0.3, 0.4) is 0 Å². The summed E-state index contributed by atoms with van der Waals surface area (Å²) < 4.78 is 9.74. The van der Waals surface area contributed by atoms with Gasteiger partial charge in [0.25, 0.3) is 11.6 Å². The van der Waals surface area contributed by atoms with Crippen LogP contribution in [0.4, 0.5) is 11.4 Å². The second-order valence-electron chi connectivity index (χ2n) is 5.35. The highest BCUT2D eigenvalue weighted by atomic mass is 16.6. The van der Waals surface area contributed by atoms with E-state index in [-0.39, 0.29) is 18.2 Å². The molecule has 1 heterocycles. The lowest BCUT2D eigenvalue weighted by molar-refractivity contribution is -0.384. The van der Waals surface area contributed by atoms with Crippen molar-refractivity contribution in [1.29, 1.82) is 0 Å². The minimum atomic E-state index is -0.524. The minimum Gasteiger partial charge on any atom is -0.482 e. The summed E-state index contributed by atoms with van der Waals surface area (Å²) in [5.74, 6) is -0.313. The average Bonchev–Trinajstić information content (AvgIpc) is 2.96. The van der Waals surface area contributed by atoms with Crippen molar-refractivity contribution in [3.05, 3.63) is 63.7 Å². The van der Waals surface area contributed by atoms with Gasteiger partial charge in [0.15, 0.2) is 6.61 Å². The molecule has 0 aliphatic carbocycles. The van der Waals surface area contributed by atoms with Crippen LogP contribution in [0, 0.1) is 10.1 Å². The van der Waals surface area contributed by atoms with Gasteiger partial charge in [-0.3, -0.25) is 14.9 Å². The van der Waals surface area contributed by atoms with E-state index in [1.165, 1.54) is 24.1 Å². The van der Waals surface area contributed by atoms with Crippen LogP contribution < -0.4 is 9.64 Å². The topological polar surface area (TPSA) is 99.0 Å². The normalized spacial score (nSPS) is 12.7. The molecule has 0 bridgehead atoms. The van der Waals surface area contributed by atoms with Crippen molar-refractivity contribution in [3.63, 3.8) is 0 Å². The van der Waals surface area contributed by atoms with Gasteiger partial charge in [-0.15, -0.1) is 0 Å². The van der Waals surface area contributed by atoms with E-state index in [2.05, 4.69) is 4.74 Å². The summed E-state index contributed by atoms with van der Waals surface area (Å²) in [6, 6.07) is 10.9. The number of rotatable bonds is 5. The van der Waals surface area contributed by atoms with Crippen molar-refractivity contribution < 1.29 is 24.0 Å². The van der Waals surface area contributed by atoms with Gasteiger partial charge < -0.3 is 14.4 Å². The van der Waals surface area contributed by atoms with E-state index in [0.717, 1.165) is 5.56 Å². The van der Waals surface area contributed by atoms with E-state index >= 15 is 0 Å². The number of nitro groups is 1. The molecule has 3 rings (SSSR count). The highest BCUT2D eigenvalue weighted by Gasteiger charge is 2.30. The monoisotopic (exact) mass is 342 g/mol. The molecule has 8 nitrogen and oxygen atoms in total. The van der Waals surface area contributed by atoms with Gasteiger partial charge in [-0.2, -0.15) is 0 Å². The van der Waals surface area contributed by atoms with E-state index in [4.69, 9.17) is 4.74 Å². The SMILES string of the molecule is COC(=O)COc1ccc(N2Cc3ccc([N+](=O)[O-])cc3C2=O)cc1. The fourth-order valence-corrected chi connectivity index (χ4v) is 2.53. The number of amides is 1. The van der Waals surface area contributed by atoms with Gasteiger partial charge in [0.1, 0.15) is 5.75 Å². The minimum absolute atomic E-state index is 0.111. The summed E-state index contributed by atoms with van der Waals surface area (Å²) in [4.78, 5) is 35.4. The molecule has 0 atom stereocenters. The van der Waals surface area contributed by atoms with Crippen LogP contribution in [-0.4, -0.2) is 30.5 Å². The van der Waals surface area contributed by atoms with Crippen LogP contribution in [0.2, 0.25) is 0 Å². The third-order valence-electron chi connectivity index (χ3n) is 3.84. The Morgan fingerprint density at radius 1 is 1.24 bits per heavy atom. The quantitative estimate of drug-likeness (QED) is 0.470. The lowest BCUT2D eigenvalue weighted by atomic mass is 10.1. The Balaban J connectivity index is 1.76. The first-order valence-electron chi connectivity index (χ1n) is 7.38. The van der Waals surface area contributed by atoms with Gasteiger partial charge in [-0.05, 0) is 35.9 Å². The number of fused-ring (bicyclic) bond motifs is 1. The maximum absolute atomic E-state index is 12.5. The van der Waals surface area contributed by atoms with Crippen molar-refractivity contribution in [3.8, 4) is 5.75 Å². The molecule has 1 aliphatic rings. The molecular formula is C17H14N2O6. The van der Waals surface area contributed by atoms with Crippen LogP contribution in [0.5, 0.6) is 5.75 Å². The number of benzene rings is 2. The van der Waals surface area contributed by atoms with Crippen molar-refractivity contribution in [2.45, 2.75) is 6.54 Å². The number of esters is 1. The molecule has 2 aromatic rings. The molecule has 2 aromatic carbocycles. The zero-order valence-corrected chi connectivity index (χ0v) is 13.3. The average molecular weight is 342 g/mol. The standard InChI is InChI=1S/C17H14N2O6/c1-24-16(20)10-25-14-6-4-12(5-7-14)18-9-11-2-3-13(19(22)23)8-15(11)17(18)21/h2-8H,9-10H2,1H3. The molecule has 0 N–H and O–H groups in total. The highest BCUT2D eigenvalue weighted by Crippen LogP contribution is 2.31. The molecule has 8 heteroatoms. The molecule has 0 unspecified atom stereocenters. The predicted molar refractivity (Wildman–Crippen MR) is 87.6 cm³/mol. The second kappa shape index (κ2) is 6.60. The number of nitrogens with zero attached hydrogens (tertiary/aromatic N) is 2. The van der Waals surface area contributed by atoms with Crippen molar-refractivity contribution in [1.82, 2.24) is 0 Å². The smallest absolute Gasteiger partial charge is 0.343 e. The fraction of sp³-hybridized carbons (Fsp3) is 0.176. The number of ether oxygens (including phenoxy) is 2. The molecule has 1 amide bonds. The Morgan fingerprint density at radius 2 is 1.96 bits per heavy atom. The first-order valence-corrected chi connectivity index (χ1v) is 7.38. The summed E-state index contributed by atoms with van der Waals surface area (Å²) >= 11 is 0. The number of anilines is 1. The fourth-order valence-electron chi connectivity index (χ4n) is 2.53. The van der Waals surface area contributed by atoms with Crippen LogP contribution in [0.1, 0.15) is 15.9 Å². The number of non-ortho nitro benzene ring substituents is 1. The first kappa shape index (κ1) is 16.4. The molecule has 0 saturated heterocycles. The van der Waals surface area contributed by atoms with Gasteiger partial charge in [0.2, 0.25) is 0 Å². The van der Waals surface area contributed by atoms with Gasteiger partial charge in [0, 0.05) is 17.8 Å². The third-order valence-corrected chi connectivity index (χ3v) is 3.84. The molecule has 25 heavy (non-hydrogen) atoms. The number of hydrogen-bond donors (Lipinski definition) is 0. The number of carbonyl (C=O) groups excluding carboxylic acids is 2. The van der Waals surface area contributed by atoms with Crippen LogP contribution in [0.15, 0.2) is 42.5 Å². The van der Waals surface area contributed by atoms with Gasteiger partial charge in [-0.25, -0.2) is 4.79 Å².